The smallest absolute Gasteiger partial charge is 0.125 e. The molecule has 1 nitrogen and oxygen atoms in total. The third kappa shape index (κ3) is 1.23. The zero-order valence-corrected chi connectivity index (χ0v) is 5.72. The molecule has 0 atom stereocenters. The SMILES string of the molecule is [N-]=C1C=C[CH+]C(Br)=C1. The van der Waals surface area contributed by atoms with E-state index in [1.807, 2.05) is 6.42 Å². The summed E-state index contributed by atoms with van der Waals surface area (Å²) >= 11 is 3.20. The summed E-state index contributed by atoms with van der Waals surface area (Å²) in [6.07, 6.45) is 6.91. The normalized spacial score (nSPS) is 17.6. The van der Waals surface area contributed by atoms with Crippen LogP contribution in [0.25, 0.3) is 5.41 Å². The first-order chi connectivity index (χ1) is 3.79. The van der Waals surface area contributed by atoms with Crippen LogP contribution in [0, 0.1) is 6.42 Å². The maximum Gasteiger partial charge on any atom is 0.125 e. The van der Waals surface area contributed by atoms with Gasteiger partial charge in [-0.15, -0.1) is 0 Å². The minimum Gasteiger partial charge on any atom is -0.779 e. The summed E-state index contributed by atoms with van der Waals surface area (Å²) in [5, 5.41) is 8.78. The molecule has 0 spiro atoms. The van der Waals surface area contributed by atoms with Gasteiger partial charge in [0.05, 0.1) is 6.42 Å². The van der Waals surface area contributed by atoms with E-state index < -0.39 is 0 Å². The molecule has 1 rings (SSSR count). The Morgan fingerprint density at radius 2 is 2.38 bits per heavy atom. The average Bonchev–Trinajstić information content (AvgIpc) is 1.64. The van der Waals surface area contributed by atoms with Crippen LogP contribution >= 0.6 is 15.9 Å². The quantitative estimate of drug-likeness (QED) is 0.496. The molecular weight excluding hydrogens is 166 g/mol. The molecule has 8 heavy (non-hydrogen) atoms. The van der Waals surface area contributed by atoms with Gasteiger partial charge in [-0.3, -0.25) is 0 Å². The first-order valence-corrected chi connectivity index (χ1v) is 3.03. The first-order valence-electron chi connectivity index (χ1n) is 2.23. The molecule has 0 amide bonds. The van der Waals surface area contributed by atoms with Crippen LogP contribution in [0.1, 0.15) is 0 Å². The van der Waals surface area contributed by atoms with Gasteiger partial charge in [-0.2, -0.15) is 0 Å². The second kappa shape index (κ2) is 2.18. The zero-order chi connectivity index (χ0) is 5.98. The van der Waals surface area contributed by atoms with Gasteiger partial charge in [-0.1, -0.05) is 0 Å². The van der Waals surface area contributed by atoms with Crippen LogP contribution in [0.15, 0.2) is 22.7 Å². The second-order valence-electron chi connectivity index (χ2n) is 1.48. The molecule has 1 aliphatic rings. The number of halogens is 1. The Kier molecular flexibility index (Phi) is 1.53. The summed E-state index contributed by atoms with van der Waals surface area (Å²) in [6.45, 7) is 0. The Labute approximate surface area is 56.7 Å². The van der Waals surface area contributed by atoms with Crippen molar-refractivity contribution in [2.45, 2.75) is 0 Å². The zero-order valence-electron chi connectivity index (χ0n) is 4.13. The molecule has 0 saturated heterocycles. The van der Waals surface area contributed by atoms with E-state index in [1.54, 1.807) is 18.2 Å². The van der Waals surface area contributed by atoms with Gasteiger partial charge in [0.2, 0.25) is 0 Å². The molecule has 0 aromatic heterocycles. The van der Waals surface area contributed by atoms with Crippen molar-refractivity contribution in [1.29, 1.82) is 0 Å². The van der Waals surface area contributed by atoms with Gasteiger partial charge in [0.1, 0.15) is 4.48 Å². The molecule has 0 aromatic rings. The standard InChI is InChI=1S/C6H4BrN/c7-5-2-1-3-6(8)4-5/h1-4H. The molecule has 0 saturated carbocycles. The number of rotatable bonds is 0. The van der Waals surface area contributed by atoms with Crippen molar-refractivity contribution in [3.05, 3.63) is 34.5 Å². The van der Waals surface area contributed by atoms with Gasteiger partial charge in [0, 0.05) is 18.2 Å². The monoisotopic (exact) mass is 169 g/mol. The van der Waals surface area contributed by atoms with Gasteiger partial charge < -0.3 is 5.41 Å². The molecule has 0 bridgehead atoms. The molecule has 1 aliphatic carbocycles. The van der Waals surface area contributed by atoms with Gasteiger partial charge in [0.15, 0.2) is 0 Å². The third-order valence-electron chi connectivity index (χ3n) is 0.808. The molecule has 0 radical (unpaired) electrons. The lowest BCUT2D eigenvalue weighted by atomic mass is 10.2. The lowest BCUT2D eigenvalue weighted by Gasteiger charge is -1.96. The van der Waals surface area contributed by atoms with Crippen LogP contribution in [0.2, 0.25) is 0 Å². The summed E-state index contributed by atoms with van der Waals surface area (Å²) in [4.78, 5) is 0. The largest absolute Gasteiger partial charge is 0.779 e. The predicted molar refractivity (Wildman–Crippen MR) is 38.8 cm³/mol. The summed E-state index contributed by atoms with van der Waals surface area (Å²) in [6, 6.07) is 0. The van der Waals surface area contributed by atoms with E-state index in [0.29, 0.717) is 5.71 Å². The molecule has 0 aromatic carbocycles. The number of allylic oxidation sites excluding steroid dienone is 4. The van der Waals surface area contributed by atoms with Crippen molar-refractivity contribution < 1.29 is 0 Å². The number of nitrogens with zero attached hydrogens (tertiary/aromatic N) is 1. The van der Waals surface area contributed by atoms with Crippen molar-refractivity contribution in [2.24, 2.45) is 0 Å². The minimum absolute atomic E-state index is 0.291. The van der Waals surface area contributed by atoms with E-state index in [4.69, 9.17) is 5.41 Å². The Hall–Kier alpha value is -0.500. The average molecular weight is 170 g/mol. The van der Waals surface area contributed by atoms with Crippen LogP contribution in [0.3, 0.4) is 0 Å². The summed E-state index contributed by atoms with van der Waals surface area (Å²) in [5.41, 5.74) is 0.291. The lowest BCUT2D eigenvalue weighted by Crippen LogP contribution is -1.89. The molecule has 0 heterocycles. The van der Waals surface area contributed by atoms with Crippen molar-refractivity contribution in [1.82, 2.24) is 0 Å². The molecule has 0 fully saturated rings. The minimum atomic E-state index is 0.291. The van der Waals surface area contributed by atoms with Crippen LogP contribution in [0.5, 0.6) is 0 Å². The molecular formula is C6H4BrN. The predicted octanol–water partition coefficient (Wildman–Crippen LogP) is 2.05. The fourth-order valence-electron chi connectivity index (χ4n) is 0.476. The summed E-state index contributed by atoms with van der Waals surface area (Å²) in [5.74, 6) is 0. The topological polar surface area (TPSA) is 22.3 Å². The highest BCUT2D eigenvalue weighted by Crippen LogP contribution is 2.13. The van der Waals surface area contributed by atoms with Crippen LogP contribution in [0.4, 0.5) is 0 Å². The highest BCUT2D eigenvalue weighted by atomic mass is 79.9. The van der Waals surface area contributed by atoms with Gasteiger partial charge >= 0.3 is 0 Å². The van der Waals surface area contributed by atoms with Crippen LogP contribution in [-0.4, -0.2) is 5.71 Å². The fraction of sp³-hybridized carbons (Fsp3) is 0. The molecule has 0 unspecified atom stereocenters. The Morgan fingerprint density at radius 1 is 1.62 bits per heavy atom. The van der Waals surface area contributed by atoms with Crippen molar-refractivity contribution in [3.63, 3.8) is 0 Å². The summed E-state index contributed by atoms with van der Waals surface area (Å²) < 4.78 is 0.900. The van der Waals surface area contributed by atoms with E-state index >= 15 is 0 Å². The highest BCUT2D eigenvalue weighted by Gasteiger charge is 2.00. The molecule has 2 heteroatoms. The van der Waals surface area contributed by atoms with E-state index in [1.165, 1.54) is 0 Å². The Morgan fingerprint density at radius 3 is 2.75 bits per heavy atom. The second-order valence-corrected chi connectivity index (χ2v) is 2.40. The van der Waals surface area contributed by atoms with Crippen LogP contribution in [-0.2, 0) is 0 Å². The fourth-order valence-corrected chi connectivity index (χ4v) is 0.863. The number of hydrogen-bond donors (Lipinski definition) is 0. The Bertz CT molecular complexity index is 167. The molecule has 40 valence electrons. The first kappa shape index (κ1) is 5.63. The molecule has 0 N–H and O–H groups in total. The highest BCUT2D eigenvalue weighted by molar-refractivity contribution is 9.11. The van der Waals surface area contributed by atoms with E-state index in [9.17, 15) is 0 Å². The van der Waals surface area contributed by atoms with Crippen molar-refractivity contribution in [2.75, 3.05) is 0 Å². The van der Waals surface area contributed by atoms with E-state index in [2.05, 4.69) is 15.9 Å². The van der Waals surface area contributed by atoms with Crippen molar-refractivity contribution >= 4 is 21.6 Å². The van der Waals surface area contributed by atoms with Gasteiger partial charge in [-0.05, 0) is 21.6 Å². The molecule has 0 aliphatic heterocycles. The van der Waals surface area contributed by atoms with E-state index in [0.717, 1.165) is 4.48 Å². The van der Waals surface area contributed by atoms with Gasteiger partial charge in [0.25, 0.3) is 0 Å². The number of hydrogen-bond acceptors (Lipinski definition) is 0. The lowest BCUT2D eigenvalue weighted by molar-refractivity contribution is 1.70. The van der Waals surface area contributed by atoms with Crippen molar-refractivity contribution in [3.8, 4) is 0 Å². The summed E-state index contributed by atoms with van der Waals surface area (Å²) in [7, 11) is 0. The van der Waals surface area contributed by atoms with Gasteiger partial charge in [-0.25, -0.2) is 0 Å². The Balaban J connectivity index is 2.74. The van der Waals surface area contributed by atoms with Crippen LogP contribution < -0.4 is 0 Å². The maximum atomic E-state index is 8.78. The van der Waals surface area contributed by atoms with E-state index in [-0.39, 0.29) is 0 Å². The maximum absolute atomic E-state index is 8.78. The third-order valence-corrected chi connectivity index (χ3v) is 1.30.